The Morgan fingerprint density at radius 2 is 1.87 bits per heavy atom. The minimum Gasteiger partial charge on any atom is -0.377 e. The SMILES string of the molecule is CC(C)(NC=C(C#N)CC#N)C(F)(F)F. The number of nitrogens with zero attached hydrogens (tertiary/aromatic N) is 2. The van der Waals surface area contributed by atoms with Gasteiger partial charge in [0.1, 0.15) is 5.54 Å². The van der Waals surface area contributed by atoms with Gasteiger partial charge in [0.15, 0.2) is 0 Å². The third kappa shape index (κ3) is 3.90. The maximum Gasteiger partial charge on any atom is 0.410 e. The maximum atomic E-state index is 12.3. The molecule has 1 N–H and O–H groups in total. The van der Waals surface area contributed by atoms with Gasteiger partial charge in [-0.2, -0.15) is 23.7 Å². The highest BCUT2D eigenvalue weighted by Gasteiger charge is 2.46. The van der Waals surface area contributed by atoms with Crippen molar-refractivity contribution in [3.05, 3.63) is 11.8 Å². The van der Waals surface area contributed by atoms with Crippen LogP contribution in [0.4, 0.5) is 13.2 Å². The van der Waals surface area contributed by atoms with Crippen LogP contribution < -0.4 is 5.32 Å². The Bertz CT molecular complexity index is 328. The molecule has 0 aromatic carbocycles. The molecule has 6 heteroatoms. The number of nitriles is 2. The van der Waals surface area contributed by atoms with Gasteiger partial charge in [0.2, 0.25) is 0 Å². The van der Waals surface area contributed by atoms with Crippen molar-refractivity contribution in [2.75, 3.05) is 0 Å². The van der Waals surface area contributed by atoms with Crippen LogP contribution in [0.25, 0.3) is 0 Å². The number of nitrogens with one attached hydrogen (secondary N) is 1. The molecule has 0 fully saturated rings. The lowest BCUT2D eigenvalue weighted by molar-refractivity contribution is -0.182. The quantitative estimate of drug-likeness (QED) is 0.737. The Hall–Kier alpha value is -1.69. The van der Waals surface area contributed by atoms with Gasteiger partial charge in [0, 0.05) is 6.20 Å². The standard InChI is InChI=1S/C9H10F3N3/c1-8(2,9(10,11)12)15-6-7(5-14)3-4-13/h6,15H,3H2,1-2H3. The molecule has 0 aromatic heterocycles. The summed E-state index contributed by atoms with van der Waals surface area (Å²) in [5.41, 5.74) is -2.15. The van der Waals surface area contributed by atoms with Gasteiger partial charge in [-0.05, 0) is 13.8 Å². The molecule has 0 rings (SSSR count). The first-order valence-electron chi connectivity index (χ1n) is 4.05. The van der Waals surface area contributed by atoms with Crippen LogP contribution in [0.5, 0.6) is 0 Å². The molecule has 0 unspecified atom stereocenters. The van der Waals surface area contributed by atoms with Crippen LogP contribution in [-0.4, -0.2) is 11.7 Å². The van der Waals surface area contributed by atoms with Crippen LogP contribution >= 0.6 is 0 Å². The van der Waals surface area contributed by atoms with Crippen LogP contribution in [-0.2, 0) is 0 Å². The summed E-state index contributed by atoms with van der Waals surface area (Å²) in [7, 11) is 0. The van der Waals surface area contributed by atoms with Gasteiger partial charge in [0.25, 0.3) is 0 Å². The minimum atomic E-state index is -4.42. The molecule has 0 aliphatic heterocycles. The van der Waals surface area contributed by atoms with Crippen LogP contribution in [0, 0.1) is 22.7 Å². The number of rotatable bonds is 3. The van der Waals surface area contributed by atoms with Crippen LogP contribution in [0.15, 0.2) is 11.8 Å². The lowest BCUT2D eigenvalue weighted by Gasteiger charge is -2.28. The third-order valence-electron chi connectivity index (χ3n) is 1.73. The molecule has 3 nitrogen and oxygen atoms in total. The number of allylic oxidation sites excluding steroid dienone is 1. The van der Waals surface area contributed by atoms with Gasteiger partial charge in [-0.15, -0.1) is 0 Å². The van der Waals surface area contributed by atoms with E-state index < -0.39 is 11.7 Å². The van der Waals surface area contributed by atoms with Crippen molar-refractivity contribution >= 4 is 0 Å². The Balaban J connectivity index is 4.64. The molecule has 0 heterocycles. The molecule has 0 saturated carbocycles. The monoisotopic (exact) mass is 217 g/mol. The summed E-state index contributed by atoms with van der Waals surface area (Å²) < 4.78 is 37.0. The molecule has 0 spiro atoms. The van der Waals surface area contributed by atoms with Gasteiger partial charge in [-0.1, -0.05) is 0 Å². The first-order valence-corrected chi connectivity index (χ1v) is 4.05. The third-order valence-corrected chi connectivity index (χ3v) is 1.73. The zero-order valence-electron chi connectivity index (χ0n) is 8.31. The van der Waals surface area contributed by atoms with Crippen molar-refractivity contribution < 1.29 is 13.2 Å². The molecule has 0 aliphatic carbocycles. The van der Waals surface area contributed by atoms with E-state index in [2.05, 4.69) is 5.32 Å². The molecule has 0 aromatic rings. The van der Waals surface area contributed by atoms with E-state index in [0.717, 1.165) is 20.0 Å². The second-order valence-corrected chi connectivity index (χ2v) is 3.38. The molecule has 0 amide bonds. The smallest absolute Gasteiger partial charge is 0.377 e. The summed E-state index contributed by atoms with van der Waals surface area (Å²) in [5.74, 6) is 0. The molecular formula is C9H10F3N3. The highest BCUT2D eigenvalue weighted by atomic mass is 19.4. The van der Waals surface area contributed by atoms with Crippen molar-refractivity contribution in [3.8, 4) is 12.1 Å². The average molecular weight is 217 g/mol. The number of halogens is 3. The van der Waals surface area contributed by atoms with Crippen molar-refractivity contribution in [1.29, 1.82) is 10.5 Å². The van der Waals surface area contributed by atoms with E-state index in [1.165, 1.54) is 0 Å². The minimum absolute atomic E-state index is 0.0326. The zero-order valence-corrected chi connectivity index (χ0v) is 8.31. The Morgan fingerprint density at radius 1 is 1.33 bits per heavy atom. The van der Waals surface area contributed by atoms with Crippen LogP contribution in [0.2, 0.25) is 0 Å². The summed E-state index contributed by atoms with van der Waals surface area (Å²) in [6.07, 6.45) is -3.70. The first-order chi connectivity index (χ1) is 6.74. The van der Waals surface area contributed by atoms with Crippen LogP contribution in [0.3, 0.4) is 0 Å². The van der Waals surface area contributed by atoms with E-state index in [1.807, 2.05) is 0 Å². The predicted octanol–water partition coefficient (Wildman–Crippen LogP) is 2.24. The molecule has 0 bridgehead atoms. The van der Waals surface area contributed by atoms with Gasteiger partial charge in [0.05, 0.1) is 24.1 Å². The van der Waals surface area contributed by atoms with Crippen LogP contribution in [0.1, 0.15) is 20.3 Å². The summed E-state index contributed by atoms with van der Waals surface area (Å²) >= 11 is 0. The molecule has 82 valence electrons. The summed E-state index contributed by atoms with van der Waals surface area (Å²) in [6, 6.07) is 3.32. The summed E-state index contributed by atoms with van der Waals surface area (Å²) in [5, 5.41) is 18.8. The van der Waals surface area contributed by atoms with E-state index in [-0.39, 0.29) is 12.0 Å². The fourth-order valence-corrected chi connectivity index (χ4v) is 0.557. The van der Waals surface area contributed by atoms with Gasteiger partial charge in [-0.25, -0.2) is 0 Å². The van der Waals surface area contributed by atoms with E-state index >= 15 is 0 Å². The largest absolute Gasteiger partial charge is 0.410 e. The molecule has 0 aliphatic rings. The number of hydrogen-bond donors (Lipinski definition) is 1. The van der Waals surface area contributed by atoms with Crippen molar-refractivity contribution in [2.45, 2.75) is 32.0 Å². The normalized spacial score (nSPS) is 12.9. The lowest BCUT2D eigenvalue weighted by Crippen LogP contribution is -2.49. The lowest BCUT2D eigenvalue weighted by atomic mass is 10.1. The summed E-state index contributed by atoms with van der Waals surface area (Å²) in [6.45, 7) is 1.90. The highest BCUT2D eigenvalue weighted by Crippen LogP contribution is 2.29. The van der Waals surface area contributed by atoms with E-state index in [9.17, 15) is 13.2 Å². The van der Waals surface area contributed by atoms with E-state index in [0.29, 0.717) is 0 Å². The van der Waals surface area contributed by atoms with Crippen molar-refractivity contribution in [3.63, 3.8) is 0 Å². The van der Waals surface area contributed by atoms with Crippen molar-refractivity contribution in [1.82, 2.24) is 5.32 Å². The first kappa shape index (κ1) is 13.3. The zero-order chi connectivity index (χ0) is 12.1. The second-order valence-electron chi connectivity index (χ2n) is 3.38. The average Bonchev–Trinajstić information content (AvgIpc) is 2.10. The van der Waals surface area contributed by atoms with Gasteiger partial charge >= 0.3 is 6.18 Å². The van der Waals surface area contributed by atoms with Gasteiger partial charge < -0.3 is 5.32 Å². The Morgan fingerprint density at radius 3 is 2.20 bits per heavy atom. The molecule has 0 radical (unpaired) electrons. The topological polar surface area (TPSA) is 59.6 Å². The second kappa shape index (κ2) is 4.70. The summed E-state index contributed by atoms with van der Waals surface area (Å²) in [4.78, 5) is 0. The van der Waals surface area contributed by atoms with Gasteiger partial charge in [-0.3, -0.25) is 0 Å². The highest BCUT2D eigenvalue weighted by molar-refractivity contribution is 5.23. The van der Waals surface area contributed by atoms with E-state index in [4.69, 9.17) is 10.5 Å². The predicted molar refractivity (Wildman–Crippen MR) is 47.2 cm³/mol. The fraction of sp³-hybridized carbons (Fsp3) is 0.556. The molecular weight excluding hydrogens is 207 g/mol. The number of hydrogen-bond acceptors (Lipinski definition) is 3. The Kier molecular flexibility index (Phi) is 4.17. The molecule has 0 saturated heterocycles. The number of alkyl halides is 3. The Labute approximate surface area is 85.8 Å². The molecule has 0 atom stereocenters. The molecule has 15 heavy (non-hydrogen) atoms. The maximum absolute atomic E-state index is 12.3. The van der Waals surface area contributed by atoms with E-state index in [1.54, 1.807) is 12.1 Å². The fourth-order valence-electron chi connectivity index (χ4n) is 0.557. The van der Waals surface area contributed by atoms with Crippen molar-refractivity contribution in [2.24, 2.45) is 0 Å².